The number of hydrogen-bond donors (Lipinski definition) is 2. The summed E-state index contributed by atoms with van der Waals surface area (Å²) >= 11 is 11.8. The van der Waals surface area contributed by atoms with Gasteiger partial charge in [0.1, 0.15) is 5.75 Å². The van der Waals surface area contributed by atoms with Crippen molar-refractivity contribution in [3.8, 4) is 5.75 Å². The van der Waals surface area contributed by atoms with E-state index in [1.807, 2.05) is 6.07 Å². The Morgan fingerprint density at radius 1 is 1.00 bits per heavy atom. The molecule has 0 fully saturated rings. The van der Waals surface area contributed by atoms with Gasteiger partial charge in [0.05, 0.1) is 28.8 Å². The van der Waals surface area contributed by atoms with Gasteiger partial charge in [-0.05, 0) is 68.0 Å². The summed E-state index contributed by atoms with van der Waals surface area (Å²) in [6, 6.07) is 9.26. The van der Waals surface area contributed by atoms with Crippen molar-refractivity contribution < 1.29 is 23.0 Å². The fourth-order valence-electron chi connectivity index (χ4n) is 2.74. The number of nitrogens with two attached hydrogens (primary N) is 1. The SMILES string of the molecule is C[C@@](N)(CO)CCc1ccc(OCCCc2ccc(Cl)c(Cl)c2)c(C(F)(F)F)c1.Cl. The molecule has 0 unspecified atom stereocenters. The summed E-state index contributed by atoms with van der Waals surface area (Å²) in [5.41, 5.74) is 5.63. The first-order valence-corrected chi connectivity index (χ1v) is 9.94. The van der Waals surface area contributed by atoms with Crippen LogP contribution in [0.15, 0.2) is 36.4 Å². The van der Waals surface area contributed by atoms with Gasteiger partial charge in [0.2, 0.25) is 0 Å². The van der Waals surface area contributed by atoms with Crippen molar-refractivity contribution in [3.63, 3.8) is 0 Å². The number of aliphatic hydroxyl groups is 1. The van der Waals surface area contributed by atoms with Gasteiger partial charge in [0.15, 0.2) is 0 Å². The Balaban J connectivity index is 0.00000450. The molecule has 3 N–H and O–H groups in total. The zero-order chi connectivity index (χ0) is 21.7. The van der Waals surface area contributed by atoms with Gasteiger partial charge in [-0.2, -0.15) is 13.2 Å². The highest BCUT2D eigenvalue weighted by molar-refractivity contribution is 6.42. The minimum atomic E-state index is -4.53. The van der Waals surface area contributed by atoms with Crippen LogP contribution >= 0.6 is 35.6 Å². The molecule has 0 aliphatic carbocycles. The molecule has 0 saturated carbocycles. The van der Waals surface area contributed by atoms with Crippen LogP contribution in [0, 0.1) is 0 Å². The maximum atomic E-state index is 13.5. The van der Waals surface area contributed by atoms with E-state index >= 15 is 0 Å². The van der Waals surface area contributed by atoms with E-state index in [4.69, 9.17) is 33.7 Å². The summed E-state index contributed by atoms with van der Waals surface area (Å²) in [4.78, 5) is 0. The van der Waals surface area contributed by atoms with Crippen LogP contribution in [0.25, 0.3) is 0 Å². The number of aryl methyl sites for hydroxylation is 2. The quantitative estimate of drug-likeness (QED) is 0.422. The standard InChI is InChI=1S/C21H24Cl2F3NO2.ClH/c1-20(27,13-28)9-8-15-5-7-19(16(11-15)21(24,25)26)29-10-2-3-14-4-6-17(22)18(23)12-14;/h4-7,11-12,28H,2-3,8-10,13,27H2,1H3;1H/t20-;/m0./s1. The van der Waals surface area contributed by atoms with Gasteiger partial charge in [0.25, 0.3) is 0 Å². The van der Waals surface area contributed by atoms with Crippen molar-refractivity contribution >= 4 is 35.6 Å². The Morgan fingerprint density at radius 3 is 2.23 bits per heavy atom. The van der Waals surface area contributed by atoms with E-state index in [1.165, 1.54) is 6.07 Å². The van der Waals surface area contributed by atoms with E-state index in [1.54, 1.807) is 25.1 Å². The fraction of sp³-hybridized carbons (Fsp3) is 0.429. The summed E-state index contributed by atoms with van der Waals surface area (Å²) in [6.07, 6.45) is -2.71. The molecular weight excluding hydrogens is 462 g/mol. The molecule has 0 aromatic heterocycles. The van der Waals surface area contributed by atoms with Gasteiger partial charge in [-0.1, -0.05) is 35.3 Å². The number of rotatable bonds is 9. The third-order valence-electron chi connectivity index (χ3n) is 4.55. The molecular formula is C21H25Cl3F3NO2. The largest absolute Gasteiger partial charge is 0.493 e. The molecule has 0 aliphatic rings. The van der Waals surface area contributed by atoms with Crippen molar-refractivity contribution in [2.75, 3.05) is 13.2 Å². The molecule has 30 heavy (non-hydrogen) atoms. The van der Waals surface area contributed by atoms with Crippen LogP contribution in [0.3, 0.4) is 0 Å². The Morgan fingerprint density at radius 2 is 1.63 bits per heavy atom. The second-order valence-electron chi connectivity index (χ2n) is 7.34. The third kappa shape index (κ3) is 8.16. The van der Waals surface area contributed by atoms with E-state index in [2.05, 4.69) is 0 Å². The molecule has 0 aliphatic heterocycles. The van der Waals surface area contributed by atoms with E-state index in [-0.39, 0.29) is 31.4 Å². The summed E-state index contributed by atoms with van der Waals surface area (Å²) in [6.45, 7) is 1.55. The second-order valence-corrected chi connectivity index (χ2v) is 8.16. The number of ether oxygens (including phenoxy) is 1. The monoisotopic (exact) mass is 485 g/mol. The summed E-state index contributed by atoms with van der Waals surface area (Å²) in [5, 5.41) is 10.1. The zero-order valence-corrected chi connectivity index (χ0v) is 18.8. The van der Waals surface area contributed by atoms with Crippen LogP contribution in [0.4, 0.5) is 13.2 Å². The number of hydrogen-bond acceptors (Lipinski definition) is 3. The molecule has 0 spiro atoms. The molecule has 2 rings (SSSR count). The molecule has 0 amide bonds. The lowest BCUT2D eigenvalue weighted by Crippen LogP contribution is -2.40. The second kappa shape index (κ2) is 11.4. The van der Waals surface area contributed by atoms with Crippen molar-refractivity contribution in [1.82, 2.24) is 0 Å². The Kier molecular flexibility index (Phi) is 10.2. The molecule has 3 nitrogen and oxygen atoms in total. The van der Waals surface area contributed by atoms with Crippen molar-refractivity contribution in [2.45, 2.75) is 44.3 Å². The normalized spacial score (nSPS) is 13.5. The van der Waals surface area contributed by atoms with Crippen LogP contribution in [0.2, 0.25) is 10.0 Å². The van der Waals surface area contributed by atoms with Crippen molar-refractivity contribution in [3.05, 3.63) is 63.1 Å². The molecule has 0 heterocycles. The Bertz CT molecular complexity index is 830. The van der Waals surface area contributed by atoms with Crippen LogP contribution in [0.1, 0.15) is 36.5 Å². The number of halogens is 6. The predicted octanol–water partition coefficient (Wildman–Crippen LogP) is 6.09. The highest BCUT2D eigenvalue weighted by atomic mass is 35.5. The highest BCUT2D eigenvalue weighted by Crippen LogP contribution is 2.37. The smallest absolute Gasteiger partial charge is 0.419 e. The number of benzene rings is 2. The van der Waals surface area contributed by atoms with Crippen LogP contribution in [0.5, 0.6) is 5.75 Å². The maximum absolute atomic E-state index is 13.5. The zero-order valence-electron chi connectivity index (χ0n) is 16.4. The van der Waals surface area contributed by atoms with Crippen molar-refractivity contribution in [1.29, 1.82) is 0 Å². The van der Waals surface area contributed by atoms with E-state index in [9.17, 15) is 18.3 Å². The Labute approximate surface area is 190 Å². The van der Waals surface area contributed by atoms with Gasteiger partial charge in [-0.3, -0.25) is 0 Å². The highest BCUT2D eigenvalue weighted by Gasteiger charge is 2.34. The lowest BCUT2D eigenvalue weighted by atomic mass is 9.94. The summed E-state index contributed by atoms with van der Waals surface area (Å²) < 4.78 is 45.8. The van der Waals surface area contributed by atoms with Crippen LogP contribution < -0.4 is 10.5 Å². The molecule has 9 heteroatoms. The van der Waals surface area contributed by atoms with Gasteiger partial charge in [0, 0.05) is 5.54 Å². The van der Waals surface area contributed by atoms with E-state index in [0.717, 1.165) is 11.6 Å². The summed E-state index contributed by atoms with van der Waals surface area (Å²) in [5.74, 6) is -0.201. The molecule has 0 bridgehead atoms. The van der Waals surface area contributed by atoms with Crippen LogP contribution in [-0.4, -0.2) is 23.9 Å². The third-order valence-corrected chi connectivity index (χ3v) is 5.29. The molecule has 0 saturated heterocycles. The topological polar surface area (TPSA) is 55.5 Å². The summed E-state index contributed by atoms with van der Waals surface area (Å²) in [7, 11) is 0. The first kappa shape index (κ1) is 26.9. The Hall–Kier alpha value is -1.18. The molecule has 168 valence electrons. The maximum Gasteiger partial charge on any atom is 0.419 e. The average molecular weight is 487 g/mol. The van der Waals surface area contributed by atoms with E-state index in [0.29, 0.717) is 41.3 Å². The van der Waals surface area contributed by atoms with E-state index < -0.39 is 17.3 Å². The number of alkyl halides is 3. The predicted molar refractivity (Wildman–Crippen MR) is 117 cm³/mol. The lowest BCUT2D eigenvalue weighted by Gasteiger charge is -2.22. The first-order valence-electron chi connectivity index (χ1n) is 9.18. The van der Waals surface area contributed by atoms with Crippen LogP contribution in [-0.2, 0) is 19.0 Å². The first-order chi connectivity index (χ1) is 13.5. The van der Waals surface area contributed by atoms with Gasteiger partial charge >= 0.3 is 6.18 Å². The van der Waals surface area contributed by atoms with Gasteiger partial charge in [-0.15, -0.1) is 12.4 Å². The molecule has 1 atom stereocenters. The number of aliphatic hydroxyl groups excluding tert-OH is 1. The lowest BCUT2D eigenvalue weighted by molar-refractivity contribution is -0.139. The van der Waals surface area contributed by atoms with Gasteiger partial charge < -0.3 is 15.6 Å². The minimum Gasteiger partial charge on any atom is -0.493 e. The van der Waals surface area contributed by atoms with Crippen molar-refractivity contribution in [2.24, 2.45) is 5.73 Å². The fourth-order valence-corrected chi connectivity index (χ4v) is 3.06. The molecule has 2 aromatic carbocycles. The molecule has 0 radical (unpaired) electrons. The van der Waals surface area contributed by atoms with Gasteiger partial charge in [-0.25, -0.2) is 0 Å². The average Bonchev–Trinajstić information content (AvgIpc) is 2.66. The minimum absolute atomic E-state index is 0. The molecule has 2 aromatic rings.